The molecule has 2 aromatic rings. The van der Waals surface area contributed by atoms with Gasteiger partial charge in [0.15, 0.2) is 0 Å². The van der Waals surface area contributed by atoms with E-state index in [1.54, 1.807) is 12.3 Å². The SMILES string of the molecule is NC(Cc1ccccn1)Cc1cc(Cl)ccc1F. The predicted octanol–water partition coefficient (Wildman–Crippen LogP) is 2.99. The Morgan fingerprint density at radius 3 is 2.78 bits per heavy atom. The van der Waals surface area contributed by atoms with Crippen molar-refractivity contribution in [2.75, 3.05) is 0 Å². The number of aromatic nitrogens is 1. The fraction of sp³-hybridized carbons (Fsp3) is 0.214. The highest BCUT2D eigenvalue weighted by Gasteiger charge is 2.10. The standard InChI is InChI=1S/C14H14ClFN2/c15-11-4-5-14(16)10(7-11)8-12(17)9-13-3-1-2-6-18-13/h1-7,12H,8-9,17H2. The zero-order chi connectivity index (χ0) is 13.0. The number of hydrogen-bond donors (Lipinski definition) is 1. The summed E-state index contributed by atoms with van der Waals surface area (Å²) in [5, 5.41) is 0.524. The number of hydrogen-bond acceptors (Lipinski definition) is 2. The molecule has 0 aliphatic carbocycles. The van der Waals surface area contributed by atoms with Crippen LogP contribution in [0.15, 0.2) is 42.6 Å². The highest BCUT2D eigenvalue weighted by molar-refractivity contribution is 6.30. The third kappa shape index (κ3) is 3.52. The summed E-state index contributed by atoms with van der Waals surface area (Å²) in [7, 11) is 0. The lowest BCUT2D eigenvalue weighted by Crippen LogP contribution is -2.26. The van der Waals surface area contributed by atoms with Crippen LogP contribution < -0.4 is 5.73 Å². The molecule has 1 heterocycles. The number of benzene rings is 1. The summed E-state index contributed by atoms with van der Waals surface area (Å²) in [5.74, 6) is -0.268. The van der Waals surface area contributed by atoms with Crippen LogP contribution in [0.1, 0.15) is 11.3 Å². The Hall–Kier alpha value is -1.45. The van der Waals surface area contributed by atoms with Gasteiger partial charge in [-0.2, -0.15) is 0 Å². The molecule has 0 radical (unpaired) electrons. The molecule has 0 amide bonds. The van der Waals surface area contributed by atoms with Crippen molar-refractivity contribution >= 4 is 11.6 Å². The van der Waals surface area contributed by atoms with Crippen molar-refractivity contribution in [3.63, 3.8) is 0 Å². The Morgan fingerprint density at radius 1 is 1.22 bits per heavy atom. The Kier molecular flexibility index (Phi) is 4.28. The summed E-state index contributed by atoms with van der Waals surface area (Å²) in [6.45, 7) is 0. The minimum atomic E-state index is -0.268. The number of halogens is 2. The quantitative estimate of drug-likeness (QED) is 0.922. The van der Waals surface area contributed by atoms with Gasteiger partial charge in [0, 0.05) is 29.4 Å². The molecule has 2 N–H and O–H groups in total. The molecule has 1 aromatic heterocycles. The molecule has 0 bridgehead atoms. The van der Waals surface area contributed by atoms with E-state index in [0.717, 1.165) is 5.69 Å². The second kappa shape index (κ2) is 5.94. The molecule has 0 saturated heterocycles. The largest absolute Gasteiger partial charge is 0.327 e. The molecule has 0 saturated carbocycles. The molecular formula is C14H14ClFN2. The average Bonchev–Trinajstić information content (AvgIpc) is 2.35. The van der Waals surface area contributed by atoms with E-state index in [-0.39, 0.29) is 11.9 Å². The monoisotopic (exact) mass is 264 g/mol. The van der Waals surface area contributed by atoms with Gasteiger partial charge >= 0.3 is 0 Å². The highest BCUT2D eigenvalue weighted by atomic mass is 35.5. The minimum Gasteiger partial charge on any atom is -0.327 e. The topological polar surface area (TPSA) is 38.9 Å². The first-order valence-corrected chi connectivity index (χ1v) is 6.12. The summed E-state index contributed by atoms with van der Waals surface area (Å²) in [4.78, 5) is 4.20. The number of nitrogens with zero attached hydrogens (tertiary/aromatic N) is 1. The molecule has 0 spiro atoms. The van der Waals surface area contributed by atoms with Gasteiger partial charge in [0.05, 0.1) is 0 Å². The van der Waals surface area contributed by atoms with Gasteiger partial charge in [0.2, 0.25) is 0 Å². The van der Waals surface area contributed by atoms with Gasteiger partial charge in [-0.3, -0.25) is 4.98 Å². The number of rotatable bonds is 4. The van der Waals surface area contributed by atoms with Gasteiger partial charge in [-0.15, -0.1) is 0 Å². The number of pyridine rings is 1. The van der Waals surface area contributed by atoms with E-state index in [1.807, 2.05) is 18.2 Å². The van der Waals surface area contributed by atoms with Crippen molar-refractivity contribution in [3.05, 3.63) is 64.7 Å². The van der Waals surface area contributed by atoms with E-state index < -0.39 is 0 Å². The van der Waals surface area contributed by atoms with Gasteiger partial charge in [0.1, 0.15) is 5.82 Å². The predicted molar refractivity (Wildman–Crippen MR) is 71.0 cm³/mol. The summed E-state index contributed by atoms with van der Waals surface area (Å²) < 4.78 is 13.5. The summed E-state index contributed by atoms with van der Waals surface area (Å²) in [5.41, 5.74) is 7.46. The van der Waals surface area contributed by atoms with Crippen LogP contribution in [0.25, 0.3) is 0 Å². The molecule has 0 aliphatic heterocycles. The Morgan fingerprint density at radius 2 is 2.06 bits per heavy atom. The average molecular weight is 265 g/mol. The number of nitrogens with two attached hydrogens (primary N) is 1. The smallest absolute Gasteiger partial charge is 0.126 e. The maximum Gasteiger partial charge on any atom is 0.126 e. The molecule has 1 atom stereocenters. The maximum atomic E-state index is 13.5. The van der Waals surface area contributed by atoms with E-state index in [1.165, 1.54) is 12.1 Å². The van der Waals surface area contributed by atoms with Crippen LogP contribution in [0.4, 0.5) is 4.39 Å². The summed E-state index contributed by atoms with van der Waals surface area (Å²) >= 11 is 5.84. The second-order valence-electron chi connectivity index (χ2n) is 4.23. The molecule has 2 nitrogen and oxygen atoms in total. The van der Waals surface area contributed by atoms with Crippen LogP contribution in [0.2, 0.25) is 5.02 Å². The van der Waals surface area contributed by atoms with Crippen LogP contribution >= 0.6 is 11.6 Å². The van der Waals surface area contributed by atoms with Crippen LogP contribution in [0, 0.1) is 5.82 Å². The minimum absolute atomic E-state index is 0.173. The first-order valence-electron chi connectivity index (χ1n) is 5.74. The van der Waals surface area contributed by atoms with Crippen LogP contribution in [-0.2, 0) is 12.8 Å². The summed E-state index contributed by atoms with van der Waals surface area (Å²) in [6.07, 6.45) is 2.79. The Bertz CT molecular complexity index is 516. The first-order chi connectivity index (χ1) is 8.65. The van der Waals surface area contributed by atoms with Crippen molar-refractivity contribution < 1.29 is 4.39 Å². The van der Waals surface area contributed by atoms with Gasteiger partial charge < -0.3 is 5.73 Å². The van der Waals surface area contributed by atoms with E-state index in [0.29, 0.717) is 23.4 Å². The first kappa shape index (κ1) is 13.0. The molecule has 2 rings (SSSR count). The highest BCUT2D eigenvalue weighted by Crippen LogP contribution is 2.16. The van der Waals surface area contributed by atoms with Crippen molar-refractivity contribution in [2.24, 2.45) is 5.73 Å². The van der Waals surface area contributed by atoms with Crippen molar-refractivity contribution in [1.82, 2.24) is 4.98 Å². The van der Waals surface area contributed by atoms with E-state index in [2.05, 4.69) is 4.98 Å². The molecule has 0 aliphatic rings. The maximum absolute atomic E-state index is 13.5. The molecule has 0 fully saturated rings. The summed E-state index contributed by atoms with van der Waals surface area (Å²) in [6, 6.07) is 10.0. The van der Waals surface area contributed by atoms with Crippen molar-refractivity contribution in [3.8, 4) is 0 Å². The zero-order valence-corrected chi connectivity index (χ0v) is 10.6. The fourth-order valence-electron chi connectivity index (χ4n) is 1.84. The lowest BCUT2D eigenvalue weighted by molar-refractivity contribution is 0.581. The van der Waals surface area contributed by atoms with Crippen molar-refractivity contribution in [2.45, 2.75) is 18.9 Å². The van der Waals surface area contributed by atoms with Gasteiger partial charge in [-0.1, -0.05) is 17.7 Å². The van der Waals surface area contributed by atoms with Gasteiger partial charge in [-0.25, -0.2) is 4.39 Å². The molecule has 1 unspecified atom stereocenters. The third-order valence-corrected chi connectivity index (χ3v) is 2.92. The Balaban J connectivity index is 2.03. The van der Waals surface area contributed by atoms with E-state index in [4.69, 9.17) is 17.3 Å². The van der Waals surface area contributed by atoms with E-state index in [9.17, 15) is 4.39 Å². The lowest BCUT2D eigenvalue weighted by Gasteiger charge is -2.12. The van der Waals surface area contributed by atoms with Gasteiger partial charge in [-0.05, 0) is 42.3 Å². The second-order valence-corrected chi connectivity index (χ2v) is 4.66. The Labute approximate surface area is 111 Å². The molecule has 18 heavy (non-hydrogen) atoms. The normalized spacial score (nSPS) is 12.4. The van der Waals surface area contributed by atoms with E-state index >= 15 is 0 Å². The van der Waals surface area contributed by atoms with Crippen molar-refractivity contribution in [1.29, 1.82) is 0 Å². The van der Waals surface area contributed by atoms with Gasteiger partial charge in [0.25, 0.3) is 0 Å². The molecule has 94 valence electrons. The fourth-order valence-corrected chi connectivity index (χ4v) is 2.04. The zero-order valence-electron chi connectivity index (χ0n) is 9.81. The molecule has 4 heteroatoms. The third-order valence-electron chi connectivity index (χ3n) is 2.69. The molecule has 1 aromatic carbocycles. The molecular weight excluding hydrogens is 251 g/mol. The lowest BCUT2D eigenvalue weighted by atomic mass is 10.0. The van der Waals surface area contributed by atoms with Crippen LogP contribution in [-0.4, -0.2) is 11.0 Å². The van der Waals surface area contributed by atoms with Crippen LogP contribution in [0.5, 0.6) is 0 Å². The van der Waals surface area contributed by atoms with Crippen LogP contribution in [0.3, 0.4) is 0 Å².